The number of hydrazine groups is 1. The molecule has 1 aliphatic rings. The molecule has 112 valence electrons. The van der Waals surface area contributed by atoms with Gasteiger partial charge in [-0.25, -0.2) is 9.59 Å². The van der Waals surface area contributed by atoms with Crippen LogP contribution in [0.3, 0.4) is 0 Å². The van der Waals surface area contributed by atoms with Gasteiger partial charge in [-0.05, 0) is 6.07 Å². The van der Waals surface area contributed by atoms with Crippen molar-refractivity contribution in [2.24, 2.45) is 0 Å². The Morgan fingerprint density at radius 2 is 2.19 bits per heavy atom. The predicted molar refractivity (Wildman–Crippen MR) is 69.5 cm³/mol. The predicted octanol–water partition coefficient (Wildman–Crippen LogP) is 0.680. The van der Waals surface area contributed by atoms with E-state index in [0.29, 0.717) is 10.0 Å². The fraction of sp³-hybridized carbons (Fsp3) is 0.273. The molecule has 2 N–H and O–H groups in total. The second-order valence-corrected chi connectivity index (χ2v) is 4.36. The highest BCUT2D eigenvalue weighted by molar-refractivity contribution is 5.91. The Morgan fingerprint density at radius 1 is 1.52 bits per heavy atom. The third-order valence-corrected chi connectivity index (χ3v) is 2.92. The number of carbonyl (C=O) groups is 2. The molecule has 0 aliphatic carbocycles. The highest BCUT2D eigenvalue weighted by Crippen LogP contribution is 2.26. The number of aliphatic hydroxyl groups excluding tert-OH is 1. The number of amides is 3. The lowest BCUT2D eigenvalue weighted by Crippen LogP contribution is -2.51. The summed E-state index contributed by atoms with van der Waals surface area (Å²) in [4.78, 5) is 34.5. The van der Waals surface area contributed by atoms with Crippen molar-refractivity contribution < 1.29 is 24.7 Å². The summed E-state index contributed by atoms with van der Waals surface area (Å²) in [5.41, 5.74) is -0.437. The number of nitro groups is 1. The van der Waals surface area contributed by atoms with E-state index in [-0.39, 0.29) is 17.9 Å². The highest BCUT2D eigenvalue weighted by Gasteiger charge is 2.41. The number of carbonyl (C=O) groups excluding carboxylic acids is 1. The molecule has 10 heteroatoms. The van der Waals surface area contributed by atoms with Crippen LogP contribution in [0.5, 0.6) is 0 Å². The van der Waals surface area contributed by atoms with Gasteiger partial charge in [0.2, 0.25) is 0 Å². The normalized spacial score (nSPS) is 18.0. The molecule has 1 fully saturated rings. The van der Waals surface area contributed by atoms with Crippen LogP contribution in [-0.4, -0.2) is 57.0 Å². The molecule has 0 bridgehead atoms. The van der Waals surface area contributed by atoms with Gasteiger partial charge in [0.15, 0.2) is 6.23 Å². The number of β-amino-alcohol motifs (C(OH)–C–C–N with tert-alkyl or cyclic N) is 1. The zero-order valence-electron chi connectivity index (χ0n) is 10.9. The number of urea groups is 1. The maximum atomic E-state index is 11.9. The lowest BCUT2D eigenvalue weighted by molar-refractivity contribution is -0.384. The van der Waals surface area contributed by atoms with Crippen LogP contribution in [0.1, 0.15) is 0 Å². The van der Waals surface area contributed by atoms with Crippen molar-refractivity contribution >= 4 is 23.5 Å². The van der Waals surface area contributed by atoms with E-state index in [4.69, 9.17) is 0 Å². The highest BCUT2D eigenvalue weighted by atomic mass is 16.6. The third-order valence-electron chi connectivity index (χ3n) is 2.92. The van der Waals surface area contributed by atoms with Crippen molar-refractivity contribution in [1.82, 2.24) is 9.91 Å². The van der Waals surface area contributed by atoms with Gasteiger partial charge < -0.3 is 15.1 Å². The first-order valence-corrected chi connectivity index (χ1v) is 5.82. The number of nitrogens with zero attached hydrogens (tertiary/aromatic N) is 4. The zero-order chi connectivity index (χ0) is 15.7. The van der Waals surface area contributed by atoms with Crippen LogP contribution in [0.4, 0.5) is 21.0 Å². The number of carboxylic acid groups (broad SMARTS) is 1. The monoisotopic (exact) mass is 296 g/mol. The van der Waals surface area contributed by atoms with Crippen molar-refractivity contribution in [3.63, 3.8) is 0 Å². The number of nitro benzene ring substituents is 1. The summed E-state index contributed by atoms with van der Waals surface area (Å²) >= 11 is 0. The van der Waals surface area contributed by atoms with Crippen LogP contribution in [0.25, 0.3) is 0 Å². The summed E-state index contributed by atoms with van der Waals surface area (Å²) in [6.07, 6.45) is -2.91. The van der Waals surface area contributed by atoms with Crippen LogP contribution >= 0.6 is 0 Å². The van der Waals surface area contributed by atoms with Gasteiger partial charge in [-0.3, -0.25) is 10.1 Å². The molecule has 1 unspecified atom stereocenters. The van der Waals surface area contributed by atoms with E-state index in [2.05, 4.69) is 0 Å². The molecule has 0 spiro atoms. The van der Waals surface area contributed by atoms with E-state index in [1.807, 2.05) is 0 Å². The van der Waals surface area contributed by atoms with Crippen LogP contribution in [0.15, 0.2) is 24.3 Å². The SMILES string of the molecule is CN1CC(O)N(N(C(=O)O)c2cccc([N+](=O)[O-])c2)C1=O. The van der Waals surface area contributed by atoms with Gasteiger partial charge in [0.05, 0.1) is 17.2 Å². The number of likely N-dealkylation sites (N-methyl/N-ethyl adjacent to an activating group) is 1. The quantitative estimate of drug-likeness (QED) is 0.623. The molecule has 1 saturated heterocycles. The second kappa shape index (κ2) is 5.25. The van der Waals surface area contributed by atoms with E-state index in [9.17, 15) is 29.9 Å². The maximum absolute atomic E-state index is 11.9. The van der Waals surface area contributed by atoms with Crippen LogP contribution in [-0.2, 0) is 0 Å². The standard InChI is InChI=1S/C11H12N4O6/c1-12-6-9(16)14(10(12)17)13(11(18)19)7-3-2-4-8(5-7)15(20)21/h2-5,9,16H,6H2,1H3,(H,18,19). The van der Waals surface area contributed by atoms with Gasteiger partial charge >= 0.3 is 12.1 Å². The topological polar surface area (TPSA) is 127 Å². The largest absolute Gasteiger partial charge is 0.463 e. The zero-order valence-corrected chi connectivity index (χ0v) is 10.9. The minimum atomic E-state index is -1.54. The Bertz CT molecular complexity index is 606. The van der Waals surface area contributed by atoms with Gasteiger partial charge in [-0.15, -0.1) is 0 Å². The van der Waals surface area contributed by atoms with Crippen molar-refractivity contribution in [2.45, 2.75) is 6.23 Å². The maximum Gasteiger partial charge on any atom is 0.431 e. The number of rotatable bonds is 3. The summed E-state index contributed by atoms with van der Waals surface area (Å²) in [6, 6.07) is 4.06. The summed E-state index contributed by atoms with van der Waals surface area (Å²) in [5.74, 6) is 0. The Kier molecular flexibility index (Phi) is 3.63. The minimum absolute atomic E-state index is 0.0719. The first-order chi connectivity index (χ1) is 9.82. The molecule has 0 radical (unpaired) electrons. The van der Waals surface area contributed by atoms with Crippen LogP contribution in [0, 0.1) is 10.1 Å². The fourth-order valence-electron chi connectivity index (χ4n) is 1.99. The van der Waals surface area contributed by atoms with Gasteiger partial charge in [-0.2, -0.15) is 10.0 Å². The Hall–Kier alpha value is -2.88. The molecule has 10 nitrogen and oxygen atoms in total. The van der Waals surface area contributed by atoms with Gasteiger partial charge in [-0.1, -0.05) is 6.07 Å². The Morgan fingerprint density at radius 3 is 2.67 bits per heavy atom. The lowest BCUT2D eigenvalue weighted by atomic mass is 10.3. The summed E-state index contributed by atoms with van der Waals surface area (Å²) < 4.78 is 0. The third kappa shape index (κ3) is 2.56. The van der Waals surface area contributed by atoms with Crippen molar-refractivity contribution in [3.05, 3.63) is 34.4 Å². The molecular weight excluding hydrogens is 284 g/mol. The number of hydrogen-bond donors (Lipinski definition) is 2. The number of non-ortho nitro benzene ring substituents is 1. The minimum Gasteiger partial charge on any atom is -0.463 e. The van der Waals surface area contributed by atoms with E-state index in [0.717, 1.165) is 11.0 Å². The summed E-state index contributed by atoms with van der Waals surface area (Å²) in [6.45, 7) is -0.0719. The molecular formula is C11H12N4O6. The second-order valence-electron chi connectivity index (χ2n) is 4.36. The van der Waals surface area contributed by atoms with Crippen molar-refractivity contribution in [3.8, 4) is 0 Å². The van der Waals surface area contributed by atoms with Gasteiger partial charge in [0, 0.05) is 19.2 Å². The first-order valence-electron chi connectivity index (χ1n) is 5.82. The molecule has 0 saturated carbocycles. The molecule has 1 aliphatic heterocycles. The summed E-state index contributed by atoms with van der Waals surface area (Å²) in [5, 5.41) is 30.9. The average Bonchev–Trinajstić information content (AvgIpc) is 2.66. The molecule has 21 heavy (non-hydrogen) atoms. The number of hydrogen-bond acceptors (Lipinski definition) is 5. The van der Waals surface area contributed by atoms with E-state index < -0.39 is 23.3 Å². The molecule has 2 rings (SSSR count). The molecule has 0 aromatic heterocycles. The molecule has 1 aromatic carbocycles. The van der Waals surface area contributed by atoms with E-state index in [1.54, 1.807) is 0 Å². The van der Waals surface area contributed by atoms with Gasteiger partial charge in [0.25, 0.3) is 5.69 Å². The molecule has 1 aromatic rings. The van der Waals surface area contributed by atoms with E-state index in [1.165, 1.54) is 25.2 Å². The molecule has 1 atom stereocenters. The number of benzene rings is 1. The number of aliphatic hydroxyl groups is 1. The Labute approximate surface area is 118 Å². The Balaban J connectivity index is 2.45. The van der Waals surface area contributed by atoms with E-state index >= 15 is 0 Å². The molecule has 1 heterocycles. The fourth-order valence-corrected chi connectivity index (χ4v) is 1.99. The smallest absolute Gasteiger partial charge is 0.431 e. The van der Waals surface area contributed by atoms with Crippen LogP contribution < -0.4 is 5.01 Å². The van der Waals surface area contributed by atoms with Crippen LogP contribution in [0.2, 0.25) is 0 Å². The average molecular weight is 296 g/mol. The first kappa shape index (κ1) is 14.5. The number of anilines is 1. The van der Waals surface area contributed by atoms with Crippen molar-refractivity contribution in [1.29, 1.82) is 0 Å². The van der Waals surface area contributed by atoms with Gasteiger partial charge in [0.1, 0.15) is 0 Å². The van der Waals surface area contributed by atoms with Crippen molar-refractivity contribution in [2.75, 3.05) is 18.6 Å². The lowest BCUT2D eigenvalue weighted by Gasteiger charge is -2.30. The summed E-state index contributed by atoms with van der Waals surface area (Å²) in [7, 11) is 1.40. The molecule has 3 amide bonds.